The van der Waals surface area contributed by atoms with E-state index < -0.39 is 63.6 Å². The molecule has 8 atom stereocenters. The van der Waals surface area contributed by atoms with Crippen molar-refractivity contribution < 1.29 is 34.4 Å². The molecule has 29 heavy (non-hydrogen) atoms. The number of ether oxygens (including phenoxy) is 2. The van der Waals surface area contributed by atoms with Gasteiger partial charge in [-0.1, -0.05) is 26.8 Å². The summed E-state index contributed by atoms with van der Waals surface area (Å²) in [4.78, 5) is 25.5. The topological polar surface area (TPSA) is 113 Å². The van der Waals surface area contributed by atoms with Crippen LogP contribution in [0.15, 0.2) is 12.7 Å². The molecule has 3 N–H and O–H groups in total. The van der Waals surface area contributed by atoms with E-state index in [0.29, 0.717) is 12.8 Å². The van der Waals surface area contributed by atoms with Crippen LogP contribution in [-0.2, 0) is 19.1 Å². The van der Waals surface area contributed by atoms with Crippen molar-refractivity contribution in [2.24, 2.45) is 16.7 Å². The Balaban J connectivity index is 2.33. The lowest BCUT2D eigenvalue weighted by Gasteiger charge is -2.71. The largest absolute Gasteiger partial charge is 0.457 e. The molecule has 2 saturated carbocycles. The Hall–Kier alpha value is -1.28. The number of hydrogen-bond acceptors (Lipinski definition) is 7. The highest BCUT2D eigenvalue weighted by atomic mass is 16.6. The minimum Gasteiger partial charge on any atom is -0.457 e. The highest BCUT2D eigenvalue weighted by Gasteiger charge is 2.81. The quantitative estimate of drug-likeness (QED) is 0.467. The number of carbonyl (C=O) groups is 2. The van der Waals surface area contributed by atoms with Gasteiger partial charge in [0.2, 0.25) is 0 Å². The fourth-order valence-corrected chi connectivity index (χ4v) is 6.66. The molecular formula is C22H34O7. The first-order valence-electron chi connectivity index (χ1n) is 10.2. The highest BCUT2D eigenvalue weighted by molar-refractivity contribution is 5.92. The molecule has 0 aromatic heterocycles. The van der Waals surface area contributed by atoms with Crippen molar-refractivity contribution >= 4 is 11.8 Å². The molecule has 0 spiro atoms. The number of esters is 1. The predicted molar refractivity (Wildman–Crippen MR) is 105 cm³/mol. The molecular weight excluding hydrogens is 376 g/mol. The number of hydrogen-bond donors (Lipinski definition) is 3. The molecule has 2 aliphatic carbocycles. The van der Waals surface area contributed by atoms with E-state index in [1.165, 1.54) is 19.9 Å². The zero-order chi connectivity index (χ0) is 22.2. The summed E-state index contributed by atoms with van der Waals surface area (Å²) in [6.45, 7) is 13.6. The molecule has 1 unspecified atom stereocenters. The summed E-state index contributed by atoms with van der Waals surface area (Å²) < 4.78 is 11.8. The number of carbonyl (C=O) groups excluding carboxylic acids is 2. The van der Waals surface area contributed by atoms with Gasteiger partial charge in [0.25, 0.3) is 0 Å². The normalized spacial score (nSPS) is 51.6. The van der Waals surface area contributed by atoms with Crippen LogP contribution in [0.4, 0.5) is 0 Å². The first kappa shape index (κ1) is 22.4. The van der Waals surface area contributed by atoms with Crippen LogP contribution in [0.2, 0.25) is 0 Å². The van der Waals surface area contributed by atoms with Gasteiger partial charge in [0.15, 0.2) is 17.5 Å². The molecule has 0 amide bonds. The number of fused-ring (bicyclic) bond motifs is 3. The van der Waals surface area contributed by atoms with E-state index in [9.17, 15) is 24.9 Å². The minimum absolute atomic E-state index is 0.138. The van der Waals surface area contributed by atoms with Gasteiger partial charge in [-0.05, 0) is 32.1 Å². The number of ketones is 1. The van der Waals surface area contributed by atoms with E-state index in [2.05, 4.69) is 6.58 Å². The fraction of sp³-hybridized carbons (Fsp3) is 0.818. The van der Waals surface area contributed by atoms with Gasteiger partial charge >= 0.3 is 5.97 Å². The summed E-state index contributed by atoms with van der Waals surface area (Å²) >= 11 is 0. The van der Waals surface area contributed by atoms with Crippen molar-refractivity contribution in [3.05, 3.63) is 12.7 Å². The summed E-state index contributed by atoms with van der Waals surface area (Å²) in [6, 6.07) is 0. The van der Waals surface area contributed by atoms with Gasteiger partial charge < -0.3 is 24.8 Å². The van der Waals surface area contributed by atoms with Crippen LogP contribution in [-0.4, -0.2) is 62.2 Å². The summed E-state index contributed by atoms with van der Waals surface area (Å²) in [5, 5.41) is 34.7. The van der Waals surface area contributed by atoms with Gasteiger partial charge in [-0.15, -0.1) is 6.58 Å². The molecule has 164 valence electrons. The molecule has 0 radical (unpaired) electrons. The third kappa shape index (κ3) is 2.63. The molecule has 1 saturated heterocycles. The smallest absolute Gasteiger partial charge is 0.303 e. The van der Waals surface area contributed by atoms with E-state index in [1.54, 1.807) is 13.8 Å². The van der Waals surface area contributed by atoms with Gasteiger partial charge in [0.1, 0.15) is 5.60 Å². The van der Waals surface area contributed by atoms with Crippen LogP contribution < -0.4 is 0 Å². The lowest BCUT2D eigenvalue weighted by molar-refractivity contribution is -0.370. The third-order valence-electron chi connectivity index (χ3n) is 8.02. The highest BCUT2D eigenvalue weighted by Crippen LogP contribution is 2.66. The van der Waals surface area contributed by atoms with Crippen LogP contribution in [0.25, 0.3) is 0 Å². The fourth-order valence-electron chi connectivity index (χ4n) is 6.66. The predicted octanol–water partition coefficient (Wildman–Crippen LogP) is 1.52. The van der Waals surface area contributed by atoms with E-state index >= 15 is 0 Å². The third-order valence-corrected chi connectivity index (χ3v) is 8.02. The van der Waals surface area contributed by atoms with E-state index in [4.69, 9.17) is 9.47 Å². The Morgan fingerprint density at radius 2 is 1.83 bits per heavy atom. The van der Waals surface area contributed by atoms with Crippen molar-refractivity contribution in [2.45, 2.75) is 95.9 Å². The molecule has 1 aliphatic heterocycles. The molecule has 0 bridgehead atoms. The molecule has 3 rings (SSSR count). The van der Waals surface area contributed by atoms with Crippen molar-refractivity contribution in [1.29, 1.82) is 0 Å². The Morgan fingerprint density at radius 1 is 1.24 bits per heavy atom. The molecule has 7 nitrogen and oxygen atoms in total. The maximum atomic E-state index is 13.6. The number of aliphatic hydroxyl groups is 3. The van der Waals surface area contributed by atoms with Gasteiger partial charge in [-0.2, -0.15) is 0 Å². The Kier molecular flexibility index (Phi) is 4.91. The van der Waals surface area contributed by atoms with Crippen molar-refractivity contribution in [1.82, 2.24) is 0 Å². The second-order valence-corrected chi connectivity index (χ2v) is 10.4. The molecule has 1 heterocycles. The number of rotatable bonds is 2. The van der Waals surface area contributed by atoms with E-state index in [0.717, 1.165) is 0 Å². The average Bonchev–Trinajstić information content (AvgIpc) is 2.59. The zero-order valence-corrected chi connectivity index (χ0v) is 18.2. The lowest BCUT2D eigenvalue weighted by atomic mass is 9.40. The summed E-state index contributed by atoms with van der Waals surface area (Å²) in [5.74, 6) is -1.87. The zero-order valence-electron chi connectivity index (χ0n) is 18.2. The Labute approximate surface area is 172 Å². The average molecular weight is 411 g/mol. The molecule has 3 aliphatic rings. The molecule has 7 heteroatoms. The second-order valence-electron chi connectivity index (χ2n) is 10.4. The number of aliphatic hydroxyl groups excluding tert-OH is 2. The Bertz CT molecular complexity index is 747. The number of Topliss-reactive ketones (excluding diaryl/α,β-unsaturated/α-hetero) is 1. The van der Waals surface area contributed by atoms with Gasteiger partial charge in [-0.25, -0.2) is 0 Å². The van der Waals surface area contributed by atoms with Gasteiger partial charge in [-0.3, -0.25) is 9.59 Å². The molecule has 0 aromatic carbocycles. The van der Waals surface area contributed by atoms with E-state index in [1.807, 2.05) is 13.8 Å². The SMILES string of the molecule is C=C[C@@]1(C)CC(=O)[C@@]2(O)C(C)(O1)[C@@H](OC(C)=O)[C@@H](O)[C@H]1C(C)(C)CC[C@H](O)[C@@]12C. The summed E-state index contributed by atoms with van der Waals surface area (Å²) in [7, 11) is 0. The van der Waals surface area contributed by atoms with Crippen molar-refractivity contribution in [3.8, 4) is 0 Å². The van der Waals surface area contributed by atoms with Gasteiger partial charge in [0.05, 0.1) is 17.8 Å². The van der Waals surface area contributed by atoms with E-state index in [-0.39, 0.29) is 6.42 Å². The monoisotopic (exact) mass is 410 g/mol. The lowest BCUT2D eigenvalue weighted by Crippen LogP contribution is -2.86. The van der Waals surface area contributed by atoms with Gasteiger partial charge in [0, 0.05) is 24.7 Å². The van der Waals surface area contributed by atoms with Crippen LogP contribution in [0, 0.1) is 16.7 Å². The summed E-state index contributed by atoms with van der Waals surface area (Å²) in [5.41, 5.74) is -7.00. The minimum atomic E-state index is -2.18. The molecule has 0 aromatic rings. The maximum Gasteiger partial charge on any atom is 0.303 e. The maximum absolute atomic E-state index is 13.6. The van der Waals surface area contributed by atoms with Crippen LogP contribution in [0.1, 0.15) is 60.8 Å². The Morgan fingerprint density at radius 3 is 2.34 bits per heavy atom. The first-order chi connectivity index (χ1) is 13.1. The second kappa shape index (κ2) is 6.36. The standard InChI is InChI=1S/C22H34O7/c1-8-19(5)11-14(25)22(27)20(6)13(24)9-10-18(3,4)16(20)15(26)17(28-12(2)23)21(22,7)29-19/h8,13,15-17,24,26-27H,1,9-11H2,2-7H3/t13-,15-,16-,17-,19-,20-,21?,22-/m0/s1. The van der Waals surface area contributed by atoms with Crippen LogP contribution >= 0.6 is 0 Å². The summed E-state index contributed by atoms with van der Waals surface area (Å²) in [6.07, 6.45) is -1.29. The van der Waals surface area contributed by atoms with Crippen LogP contribution in [0.5, 0.6) is 0 Å². The van der Waals surface area contributed by atoms with Crippen molar-refractivity contribution in [2.75, 3.05) is 0 Å². The first-order valence-corrected chi connectivity index (χ1v) is 10.2. The van der Waals surface area contributed by atoms with Crippen molar-refractivity contribution in [3.63, 3.8) is 0 Å². The van der Waals surface area contributed by atoms with Crippen LogP contribution in [0.3, 0.4) is 0 Å². The molecule has 3 fully saturated rings.